The lowest BCUT2D eigenvalue weighted by Crippen LogP contribution is -2.40. The lowest BCUT2D eigenvalue weighted by molar-refractivity contribution is -0.204. The summed E-state index contributed by atoms with van der Waals surface area (Å²) in [7, 11) is 1.64. The van der Waals surface area contributed by atoms with Gasteiger partial charge in [-0.05, 0) is 19.8 Å². The Kier molecular flexibility index (Phi) is 4.35. The zero-order valence-corrected chi connectivity index (χ0v) is 9.19. The van der Waals surface area contributed by atoms with E-state index in [1.165, 1.54) is 0 Å². The van der Waals surface area contributed by atoms with Crippen LogP contribution in [0.5, 0.6) is 0 Å². The van der Waals surface area contributed by atoms with Crippen LogP contribution in [0.1, 0.15) is 32.6 Å². The quantitative estimate of drug-likeness (QED) is 0.573. The average molecular weight is 218 g/mol. The molecule has 0 heterocycles. The number of carbonyl (C=O) groups excluding carboxylic acids is 1. The summed E-state index contributed by atoms with van der Waals surface area (Å²) in [4.78, 5) is 11.0. The van der Waals surface area contributed by atoms with Crippen LogP contribution < -0.4 is 0 Å². The average Bonchev–Trinajstić information content (AvgIpc) is 2.18. The highest BCUT2D eigenvalue weighted by Gasteiger charge is 2.37. The van der Waals surface area contributed by atoms with Crippen LogP contribution in [0.4, 0.5) is 4.79 Å². The molecular formula is C10H18O5. The third kappa shape index (κ3) is 3.68. The molecule has 1 aliphatic rings. The van der Waals surface area contributed by atoms with Gasteiger partial charge in [0.05, 0.1) is 12.7 Å². The predicted octanol–water partition coefficient (Wildman–Crippen LogP) is 1.44. The number of methoxy groups -OCH3 is 1. The molecule has 1 saturated carbocycles. The largest absolute Gasteiger partial charge is 0.510 e. The number of hydrogen-bond donors (Lipinski definition) is 1. The number of aliphatic hydroxyl groups is 1. The van der Waals surface area contributed by atoms with Gasteiger partial charge in [-0.3, -0.25) is 0 Å². The number of ether oxygens (including phenoxy) is 3. The molecular weight excluding hydrogens is 200 g/mol. The maximum Gasteiger partial charge on any atom is 0.510 e. The summed E-state index contributed by atoms with van der Waals surface area (Å²) in [5, 5.41) is 9.90. The fraction of sp³-hybridized carbons (Fsp3) is 0.900. The molecule has 5 heteroatoms. The zero-order valence-electron chi connectivity index (χ0n) is 9.19. The minimum Gasteiger partial charge on any atom is -0.435 e. The number of hydrogen-bond acceptors (Lipinski definition) is 5. The fourth-order valence-corrected chi connectivity index (χ4v) is 1.68. The summed E-state index contributed by atoms with van der Waals surface area (Å²) in [6.07, 6.45) is 1.50. The second kappa shape index (κ2) is 5.32. The van der Waals surface area contributed by atoms with Gasteiger partial charge in [0.15, 0.2) is 0 Å². The first-order valence-corrected chi connectivity index (χ1v) is 5.20. The van der Waals surface area contributed by atoms with Gasteiger partial charge in [0, 0.05) is 20.0 Å². The van der Waals surface area contributed by atoms with Gasteiger partial charge in [-0.1, -0.05) is 0 Å². The molecule has 0 radical (unpaired) electrons. The molecule has 0 aliphatic heterocycles. The van der Waals surface area contributed by atoms with Crippen molar-refractivity contribution in [3.05, 3.63) is 0 Å². The molecule has 15 heavy (non-hydrogen) atoms. The lowest BCUT2D eigenvalue weighted by atomic mass is 9.92. The highest BCUT2D eigenvalue weighted by atomic mass is 16.8. The van der Waals surface area contributed by atoms with E-state index in [-0.39, 0.29) is 12.7 Å². The lowest BCUT2D eigenvalue weighted by Gasteiger charge is -2.34. The highest BCUT2D eigenvalue weighted by Crippen LogP contribution is 2.30. The molecule has 1 fully saturated rings. The van der Waals surface area contributed by atoms with Crippen molar-refractivity contribution in [1.29, 1.82) is 0 Å². The Balaban J connectivity index is 2.37. The molecule has 1 aliphatic carbocycles. The van der Waals surface area contributed by atoms with Gasteiger partial charge >= 0.3 is 6.16 Å². The molecule has 0 bridgehead atoms. The van der Waals surface area contributed by atoms with Crippen molar-refractivity contribution in [3.63, 3.8) is 0 Å². The fourth-order valence-electron chi connectivity index (χ4n) is 1.68. The van der Waals surface area contributed by atoms with E-state index < -0.39 is 11.9 Å². The molecule has 0 aromatic heterocycles. The molecule has 1 N–H and O–H groups in total. The number of rotatable bonds is 3. The third-order valence-corrected chi connectivity index (χ3v) is 2.58. The second-order valence-corrected chi connectivity index (χ2v) is 3.67. The molecule has 0 aromatic carbocycles. The summed E-state index contributed by atoms with van der Waals surface area (Å²) >= 11 is 0. The molecule has 0 atom stereocenters. The standard InChI is InChI=1S/C10H18O5/c1-3-14-9(11)15-10(12)6-4-8(13-2)5-7-10/h8,12H,3-7H2,1-2H3. The minimum atomic E-state index is -1.37. The SMILES string of the molecule is CCOC(=O)OC1(O)CCC(OC)CC1. The van der Waals surface area contributed by atoms with Crippen LogP contribution in [0.2, 0.25) is 0 Å². The molecule has 1 rings (SSSR count). The number of carbonyl (C=O) groups is 1. The second-order valence-electron chi connectivity index (χ2n) is 3.67. The topological polar surface area (TPSA) is 65.0 Å². The summed E-state index contributed by atoms with van der Waals surface area (Å²) in [6.45, 7) is 1.93. The van der Waals surface area contributed by atoms with Crippen molar-refractivity contribution in [2.24, 2.45) is 0 Å². The molecule has 0 spiro atoms. The maximum absolute atomic E-state index is 11.0. The van der Waals surface area contributed by atoms with Crippen molar-refractivity contribution < 1.29 is 24.1 Å². The van der Waals surface area contributed by atoms with E-state index in [2.05, 4.69) is 4.74 Å². The van der Waals surface area contributed by atoms with Crippen LogP contribution in [-0.4, -0.2) is 36.9 Å². The Hall–Kier alpha value is -0.810. The minimum absolute atomic E-state index is 0.149. The van der Waals surface area contributed by atoms with E-state index in [0.29, 0.717) is 25.7 Å². The van der Waals surface area contributed by atoms with E-state index in [1.807, 2.05) is 0 Å². The Labute approximate surface area is 89.3 Å². The van der Waals surface area contributed by atoms with Gasteiger partial charge in [0.25, 0.3) is 0 Å². The molecule has 5 nitrogen and oxygen atoms in total. The van der Waals surface area contributed by atoms with Crippen LogP contribution in [0, 0.1) is 0 Å². The van der Waals surface area contributed by atoms with Gasteiger partial charge in [-0.25, -0.2) is 4.79 Å². The van der Waals surface area contributed by atoms with Gasteiger partial charge < -0.3 is 19.3 Å². The highest BCUT2D eigenvalue weighted by molar-refractivity contribution is 5.60. The molecule has 0 unspecified atom stereocenters. The van der Waals surface area contributed by atoms with E-state index in [9.17, 15) is 9.90 Å². The Morgan fingerprint density at radius 3 is 2.53 bits per heavy atom. The van der Waals surface area contributed by atoms with Crippen LogP contribution in [0.25, 0.3) is 0 Å². The molecule has 0 amide bonds. The summed E-state index contributed by atoms with van der Waals surface area (Å²) in [6, 6.07) is 0. The summed E-state index contributed by atoms with van der Waals surface area (Å²) in [5.41, 5.74) is 0. The Bertz CT molecular complexity index is 208. The van der Waals surface area contributed by atoms with Crippen molar-refractivity contribution in [2.75, 3.05) is 13.7 Å². The van der Waals surface area contributed by atoms with Crippen molar-refractivity contribution in [1.82, 2.24) is 0 Å². The van der Waals surface area contributed by atoms with Crippen LogP contribution in [0.15, 0.2) is 0 Å². The van der Waals surface area contributed by atoms with Gasteiger partial charge in [-0.2, -0.15) is 0 Å². The van der Waals surface area contributed by atoms with Gasteiger partial charge in [-0.15, -0.1) is 0 Å². The molecule has 0 saturated heterocycles. The molecule has 88 valence electrons. The van der Waals surface area contributed by atoms with E-state index in [1.54, 1.807) is 14.0 Å². The first kappa shape index (κ1) is 12.3. The first-order chi connectivity index (χ1) is 7.09. The van der Waals surface area contributed by atoms with Crippen LogP contribution >= 0.6 is 0 Å². The van der Waals surface area contributed by atoms with Crippen molar-refractivity contribution in [2.45, 2.75) is 44.5 Å². The van der Waals surface area contributed by atoms with E-state index in [0.717, 1.165) is 0 Å². The predicted molar refractivity (Wildman–Crippen MR) is 52.3 cm³/mol. The zero-order chi connectivity index (χ0) is 11.3. The first-order valence-electron chi connectivity index (χ1n) is 5.20. The smallest absolute Gasteiger partial charge is 0.435 e. The summed E-state index contributed by atoms with van der Waals surface area (Å²) in [5.74, 6) is -1.37. The monoisotopic (exact) mass is 218 g/mol. The van der Waals surface area contributed by atoms with Gasteiger partial charge in [0.1, 0.15) is 0 Å². The third-order valence-electron chi connectivity index (χ3n) is 2.58. The Morgan fingerprint density at radius 2 is 2.07 bits per heavy atom. The van der Waals surface area contributed by atoms with E-state index >= 15 is 0 Å². The molecule has 0 aromatic rings. The van der Waals surface area contributed by atoms with Crippen LogP contribution in [-0.2, 0) is 14.2 Å². The van der Waals surface area contributed by atoms with Crippen molar-refractivity contribution in [3.8, 4) is 0 Å². The summed E-state index contributed by atoms with van der Waals surface area (Å²) < 4.78 is 14.6. The Morgan fingerprint density at radius 1 is 1.47 bits per heavy atom. The van der Waals surface area contributed by atoms with Crippen molar-refractivity contribution >= 4 is 6.16 Å². The van der Waals surface area contributed by atoms with Crippen LogP contribution in [0.3, 0.4) is 0 Å². The van der Waals surface area contributed by atoms with E-state index in [4.69, 9.17) is 9.47 Å². The maximum atomic E-state index is 11.0. The van der Waals surface area contributed by atoms with Gasteiger partial charge in [0.2, 0.25) is 5.79 Å². The normalized spacial score (nSPS) is 31.0.